The number of benzene rings is 1. The molecule has 24 heavy (non-hydrogen) atoms. The van der Waals surface area contributed by atoms with Crippen LogP contribution >= 0.6 is 19.1 Å². The average Bonchev–Trinajstić information content (AvgIpc) is 2.54. The Morgan fingerprint density at radius 1 is 1.33 bits per heavy atom. The molecule has 0 aliphatic carbocycles. The number of ether oxygens (including phenoxy) is 1. The van der Waals surface area contributed by atoms with Gasteiger partial charge in [-0.2, -0.15) is 0 Å². The molecule has 1 aromatic rings. The third-order valence-electron chi connectivity index (χ3n) is 4.12. The van der Waals surface area contributed by atoms with Gasteiger partial charge in [0.05, 0.1) is 19.6 Å². The SMILES string of the molecule is C=[P+](C)C(c1ccc(Cl)cc1)N1CCN(CCOCC(=O)O)CC1. The second-order valence-electron chi connectivity index (χ2n) is 6.01. The van der Waals surface area contributed by atoms with Crippen LogP contribution in [0, 0.1) is 0 Å². The van der Waals surface area contributed by atoms with Gasteiger partial charge in [0.2, 0.25) is 0 Å². The van der Waals surface area contributed by atoms with E-state index in [1.807, 2.05) is 12.1 Å². The summed E-state index contributed by atoms with van der Waals surface area (Å²) < 4.78 is 5.12. The van der Waals surface area contributed by atoms with E-state index in [1.165, 1.54) is 5.56 Å². The predicted molar refractivity (Wildman–Crippen MR) is 101 cm³/mol. The number of carbonyl (C=O) groups is 1. The van der Waals surface area contributed by atoms with Crippen LogP contribution in [-0.2, 0) is 9.53 Å². The van der Waals surface area contributed by atoms with Gasteiger partial charge in [0.1, 0.15) is 14.2 Å². The van der Waals surface area contributed by atoms with E-state index in [2.05, 4.69) is 34.9 Å². The lowest BCUT2D eigenvalue weighted by Gasteiger charge is -2.36. The van der Waals surface area contributed by atoms with Crippen molar-refractivity contribution in [3.63, 3.8) is 0 Å². The van der Waals surface area contributed by atoms with Crippen LogP contribution in [0.25, 0.3) is 0 Å². The first-order valence-electron chi connectivity index (χ1n) is 8.02. The summed E-state index contributed by atoms with van der Waals surface area (Å²) in [7, 11) is -0.384. The lowest BCUT2D eigenvalue weighted by Crippen LogP contribution is -2.47. The Labute approximate surface area is 149 Å². The zero-order chi connectivity index (χ0) is 17.5. The summed E-state index contributed by atoms with van der Waals surface area (Å²) in [5.41, 5.74) is 1.28. The maximum Gasteiger partial charge on any atom is 0.329 e. The maximum atomic E-state index is 10.4. The van der Waals surface area contributed by atoms with Crippen molar-refractivity contribution in [2.24, 2.45) is 0 Å². The number of carboxylic acid groups (broad SMARTS) is 1. The van der Waals surface area contributed by atoms with E-state index in [1.54, 1.807) is 0 Å². The van der Waals surface area contributed by atoms with Gasteiger partial charge in [0.15, 0.2) is 5.78 Å². The highest BCUT2D eigenvalue weighted by atomic mass is 35.5. The molecule has 1 heterocycles. The number of nitrogens with zero attached hydrogens (tertiary/aromatic N) is 2. The molecule has 0 radical (unpaired) electrons. The molecular weight excluding hydrogens is 347 g/mol. The van der Waals surface area contributed by atoms with Gasteiger partial charge in [-0.3, -0.25) is 9.80 Å². The first-order valence-corrected chi connectivity index (χ1v) is 10.4. The van der Waals surface area contributed by atoms with Crippen LogP contribution in [0.5, 0.6) is 0 Å². The number of piperazine rings is 1. The molecule has 1 aromatic carbocycles. The van der Waals surface area contributed by atoms with E-state index in [4.69, 9.17) is 21.4 Å². The minimum atomic E-state index is -0.919. The van der Waals surface area contributed by atoms with Crippen LogP contribution in [-0.4, -0.2) is 79.8 Å². The predicted octanol–water partition coefficient (Wildman–Crippen LogP) is 2.60. The third kappa shape index (κ3) is 5.83. The monoisotopic (exact) mass is 371 g/mol. The van der Waals surface area contributed by atoms with E-state index >= 15 is 0 Å². The summed E-state index contributed by atoms with van der Waals surface area (Å²) in [5, 5.41) is 9.32. The van der Waals surface area contributed by atoms with E-state index in [9.17, 15) is 4.79 Å². The van der Waals surface area contributed by atoms with Crippen LogP contribution in [0.15, 0.2) is 24.3 Å². The number of hydrogen-bond donors (Lipinski definition) is 1. The third-order valence-corrected chi connectivity index (χ3v) is 5.83. The van der Waals surface area contributed by atoms with Gasteiger partial charge in [-0.05, 0) is 12.1 Å². The van der Waals surface area contributed by atoms with Gasteiger partial charge in [0.25, 0.3) is 0 Å². The summed E-state index contributed by atoms with van der Waals surface area (Å²) in [4.78, 5) is 15.2. The zero-order valence-electron chi connectivity index (χ0n) is 14.0. The molecule has 1 saturated heterocycles. The number of carboxylic acids is 1. The number of rotatable bonds is 8. The first-order chi connectivity index (χ1) is 11.5. The van der Waals surface area contributed by atoms with Gasteiger partial charge in [-0.1, -0.05) is 23.7 Å². The van der Waals surface area contributed by atoms with Crippen molar-refractivity contribution in [3.8, 4) is 0 Å². The summed E-state index contributed by atoms with van der Waals surface area (Å²) >= 11 is 6.00. The van der Waals surface area contributed by atoms with Crippen molar-refractivity contribution < 1.29 is 14.6 Å². The molecule has 2 atom stereocenters. The largest absolute Gasteiger partial charge is 0.480 e. The van der Waals surface area contributed by atoms with Gasteiger partial charge >= 0.3 is 5.97 Å². The van der Waals surface area contributed by atoms with Gasteiger partial charge in [-0.15, -0.1) is 0 Å². The standard InChI is InChI=1S/C17H24ClN2O3P/c1-24(2)17(14-3-5-15(18)6-4-14)20-9-7-19(8-10-20)11-12-23-13-16(21)22/h3-6,17H,1,7-13H2,2H3/p+1. The topological polar surface area (TPSA) is 53.0 Å². The fraction of sp³-hybridized carbons (Fsp3) is 0.529. The van der Waals surface area contributed by atoms with Gasteiger partial charge in [-0.25, -0.2) is 4.79 Å². The number of hydrogen-bond acceptors (Lipinski definition) is 4. The summed E-state index contributed by atoms with van der Waals surface area (Å²) in [6.45, 7) is 7.11. The van der Waals surface area contributed by atoms with E-state index in [0.717, 1.165) is 37.7 Å². The van der Waals surface area contributed by atoms with Gasteiger partial charge < -0.3 is 9.84 Å². The molecule has 5 nitrogen and oxygen atoms in total. The summed E-state index contributed by atoms with van der Waals surface area (Å²) in [6.07, 6.45) is 4.31. The Balaban J connectivity index is 1.85. The van der Waals surface area contributed by atoms with Crippen molar-refractivity contribution in [2.75, 3.05) is 52.6 Å². The highest BCUT2D eigenvalue weighted by Crippen LogP contribution is 2.41. The van der Waals surface area contributed by atoms with Crippen molar-refractivity contribution in [2.45, 2.75) is 5.78 Å². The highest BCUT2D eigenvalue weighted by Gasteiger charge is 2.31. The molecule has 0 bridgehead atoms. The molecular formula is C17H25ClN2O3P+. The van der Waals surface area contributed by atoms with Crippen molar-refractivity contribution in [3.05, 3.63) is 34.9 Å². The molecule has 2 unspecified atom stereocenters. The number of halogens is 1. The minimum absolute atomic E-state index is 0.222. The Bertz CT molecular complexity index is 559. The lowest BCUT2D eigenvalue weighted by atomic mass is 10.2. The van der Waals surface area contributed by atoms with Crippen LogP contribution in [0.1, 0.15) is 11.3 Å². The van der Waals surface area contributed by atoms with Crippen molar-refractivity contribution in [1.29, 1.82) is 0 Å². The fourth-order valence-corrected chi connectivity index (χ4v) is 4.56. The molecule has 2 rings (SSSR count). The van der Waals surface area contributed by atoms with E-state index in [-0.39, 0.29) is 14.2 Å². The summed E-state index contributed by atoms with van der Waals surface area (Å²) in [6, 6.07) is 8.09. The highest BCUT2D eigenvalue weighted by molar-refractivity contribution is 7.55. The molecule has 0 amide bonds. The maximum absolute atomic E-state index is 10.4. The van der Waals surface area contributed by atoms with E-state index in [0.29, 0.717) is 12.4 Å². The van der Waals surface area contributed by atoms with Crippen molar-refractivity contribution in [1.82, 2.24) is 9.80 Å². The lowest BCUT2D eigenvalue weighted by molar-refractivity contribution is -0.142. The van der Waals surface area contributed by atoms with Crippen molar-refractivity contribution >= 4 is 31.4 Å². The fourth-order valence-electron chi connectivity index (χ4n) is 2.96. The average molecular weight is 372 g/mol. The smallest absolute Gasteiger partial charge is 0.329 e. The molecule has 1 aliphatic rings. The van der Waals surface area contributed by atoms with Crippen LogP contribution in [0.4, 0.5) is 0 Å². The summed E-state index contributed by atoms with van der Waals surface area (Å²) in [5.74, 6) is -0.569. The number of aliphatic carboxylic acids is 1. The molecule has 0 spiro atoms. The molecule has 0 aromatic heterocycles. The van der Waals surface area contributed by atoms with Crippen LogP contribution in [0.2, 0.25) is 5.02 Å². The molecule has 132 valence electrons. The first kappa shape index (κ1) is 19.4. The normalized spacial score (nSPS) is 18.3. The molecule has 7 heteroatoms. The quantitative estimate of drug-likeness (QED) is 0.562. The van der Waals surface area contributed by atoms with Crippen LogP contribution < -0.4 is 0 Å². The van der Waals surface area contributed by atoms with E-state index < -0.39 is 5.97 Å². The Kier molecular flexibility index (Phi) is 7.66. The second-order valence-corrected chi connectivity index (χ2v) is 8.45. The molecule has 0 saturated carbocycles. The van der Waals surface area contributed by atoms with Gasteiger partial charge in [0, 0.05) is 43.3 Å². The zero-order valence-corrected chi connectivity index (χ0v) is 15.7. The minimum Gasteiger partial charge on any atom is -0.480 e. The van der Waals surface area contributed by atoms with Crippen LogP contribution in [0.3, 0.4) is 0 Å². The Morgan fingerprint density at radius 3 is 2.50 bits per heavy atom. The molecule has 1 fully saturated rings. The Morgan fingerprint density at radius 2 is 1.96 bits per heavy atom. The molecule has 1 N–H and O–H groups in total. The molecule has 1 aliphatic heterocycles. The second kappa shape index (κ2) is 9.50. The Hall–Kier alpha value is -0.970.